The topological polar surface area (TPSA) is 92.7 Å². The van der Waals surface area contributed by atoms with E-state index in [4.69, 9.17) is 4.74 Å². The lowest BCUT2D eigenvalue weighted by atomic mass is 9.95. The van der Waals surface area contributed by atoms with Crippen LogP contribution < -0.4 is 4.90 Å². The number of piperidine rings is 1. The third-order valence-corrected chi connectivity index (χ3v) is 7.65. The Labute approximate surface area is 189 Å². The normalized spacial score (nSPS) is 20.1. The Morgan fingerprint density at radius 1 is 1.22 bits per heavy atom. The standard InChI is InChI=1S/C23H32N4O4S/c1-4-26(15-18-6-5-13-31-18)22(28)17-9-11-27(12-10-17)23-24-16(2)20-8-7-19(32(3,29)30)14-21(20)25-23/h7-8,14,17-18H,4-6,9-13,15H2,1-3H3/t18-/m0/s1. The van der Waals surface area contributed by atoms with Crippen molar-refractivity contribution in [1.29, 1.82) is 0 Å². The summed E-state index contributed by atoms with van der Waals surface area (Å²) in [5.41, 5.74) is 1.44. The van der Waals surface area contributed by atoms with Gasteiger partial charge in [-0.2, -0.15) is 0 Å². The van der Waals surface area contributed by atoms with Crippen molar-refractivity contribution in [3.8, 4) is 0 Å². The van der Waals surface area contributed by atoms with Crippen LogP contribution in [0, 0.1) is 12.8 Å². The third kappa shape index (κ3) is 4.88. The fraction of sp³-hybridized carbons (Fsp3) is 0.609. The van der Waals surface area contributed by atoms with Gasteiger partial charge in [-0.05, 0) is 57.7 Å². The van der Waals surface area contributed by atoms with Crippen LogP contribution in [0.25, 0.3) is 10.9 Å². The fourth-order valence-electron chi connectivity index (χ4n) is 4.62. The van der Waals surface area contributed by atoms with Crippen LogP contribution in [0.3, 0.4) is 0 Å². The maximum absolute atomic E-state index is 13.1. The second-order valence-electron chi connectivity index (χ2n) is 8.83. The highest BCUT2D eigenvalue weighted by molar-refractivity contribution is 7.90. The summed E-state index contributed by atoms with van der Waals surface area (Å²) in [6.45, 7) is 7.52. The summed E-state index contributed by atoms with van der Waals surface area (Å²) in [7, 11) is -3.31. The van der Waals surface area contributed by atoms with Crippen LogP contribution in [0.5, 0.6) is 0 Å². The van der Waals surface area contributed by atoms with Crippen LogP contribution in [0.15, 0.2) is 23.1 Å². The lowest BCUT2D eigenvalue weighted by Crippen LogP contribution is -2.45. The first-order chi connectivity index (χ1) is 15.3. The summed E-state index contributed by atoms with van der Waals surface area (Å²) in [5.74, 6) is 0.820. The highest BCUT2D eigenvalue weighted by Crippen LogP contribution is 2.27. The molecule has 0 saturated carbocycles. The van der Waals surface area contributed by atoms with Gasteiger partial charge >= 0.3 is 0 Å². The molecule has 2 aliphatic rings. The van der Waals surface area contributed by atoms with Crippen molar-refractivity contribution < 1.29 is 17.9 Å². The number of anilines is 1. The number of ether oxygens (including phenoxy) is 1. The average Bonchev–Trinajstić information content (AvgIpc) is 3.29. The molecule has 2 aromatic rings. The summed E-state index contributed by atoms with van der Waals surface area (Å²) in [5, 5.41) is 0.846. The number of nitrogens with zero attached hydrogens (tertiary/aromatic N) is 4. The van der Waals surface area contributed by atoms with E-state index in [0.29, 0.717) is 37.6 Å². The van der Waals surface area contributed by atoms with Crippen molar-refractivity contribution >= 4 is 32.6 Å². The Balaban J connectivity index is 1.45. The number of carbonyl (C=O) groups is 1. The van der Waals surface area contributed by atoms with Gasteiger partial charge in [-0.25, -0.2) is 18.4 Å². The van der Waals surface area contributed by atoms with Crippen molar-refractivity contribution in [2.75, 3.05) is 43.9 Å². The molecule has 0 unspecified atom stereocenters. The maximum Gasteiger partial charge on any atom is 0.226 e. The molecule has 4 rings (SSSR count). The molecule has 8 nitrogen and oxygen atoms in total. The Hall–Kier alpha value is -2.26. The molecule has 2 fully saturated rings. The predicted molar refractivity (Wildman–Crippen MR) is 124 cm³/mol. The number of fused-ring (bicyclic) bond motifs is 1. The van der Waals surface area contributed by atoms with E-state index in [1.54, 1.807) is 18.2 Å². The fourth-order valence-corrected chi connectivity index (χ4v) is 5.26. The molecule has 0 spiro atoms. The number of sulfone groups is 1. The lowest BCUT2D eigenvalue weighted by Gasteiger charge is -2.34. The van der Waals surface area contributed by atoms with Crippen LogP contribution in [-0.2, 0) is 19.4 Å². The summed E-state index contributed by atoms with van der Waals surface area (Å²) in [6.07, 6.45) is 4.98. The van der Waals surface area contributed by atoms with Gasteiger partial charge in [0.2, 0.25) is 11.9 Å². The summed E-state index contributed by atoms with van der Waals surface area (Å²) < 4.78 is 29.6. The van der Waals surface area contributed by atoms with E-state index >= 15 is 0 Å². The molecule has 1 aromatic carbocycles. The second kappa shape index (κ2) is 9.31. The van der Waals surface area contributed by atoms with Crippen LogP contribution in [0.2, 0.25) is 0 Å². The highest BCUT2D eigenvalue weighted by Gasteiger charge is 2.31. The molecule has 9 heteroatoms. The van der Waals surface area contributed by atoms with Gasteiger partial charge in [0.1, 0.15) is 0 Å². The monoisotopic (exact) mass is 460 g/mol. The summed E-state index contributed by atoms with van der Waals surface area (Å²) in [4.78, 5) is 26.7. The Kier molecular flexibility index (Phi) is 6.67. The van der Waals surface area contributed by atoms with Gasteiger partial charge in [-0.3, -0.25) is 4.79 Å². The van der Waals surface area contributed by atoms with Gasteiger partial charge in [0.15, 0.2) is 9.84 Å². The number of carbonyl (C=O) groups excluding carboxylic acids is 1. The molecule has 1 atom stereocenters. The first-order valence-corrected chi connectivity index (χ1v) is 13.3. The van der Waals surface area contributed by atoms with E-state index in [9.17, 15) is 13.2 Å². The SMILES string of the molecule is CCN(C[C@@H]1CCCO1)C(=O)C1CCN(c2nc(C)c3ccc(S(C)(=O)=O)cc3n2)CC1. The first-order valence-electron chi connectivity index (χ1n) is 11.4. The minimum absolute atomic E-state index is 0.00555. The minimum atomic E-state index is -3.31. The molecular formula is C23H32N4O4S. The molecule has 174 valence electrons. The molecular weight excluding hydrogens is 428 g/mol. The van der Waals surface area contributed by atoms with Crippen molar-refractivity contribution in [3.63, 3.8) is 0 Å². The molecule has 0 bridgehead atoms. The van der Waals surface area contributed by atoms with E-state index < -0.39 is 9.84 Å². The van der Waals surface area contributed by atoms with Gasteiger partial charge < -0.3 is 14.5 Å². The first kappa shape index (κ1) is 22.9. The molecule has 0 aliphatic carbocycles. The number of likely N-dealkylation sites (N-methyl/N-ethyl adjacent to an activating group) is 1. The van der Waals surface area contributed by atoms with Gasteiger partial charge in [-0.1, -0.05) is 0 Å². The largest absolute Gasteiger partial charge is 0.376 e. The van der Waals surface area contributed by atoms with E-state index in [1.807, 2.05) is 18.7 Å². The summed E-state index contributed by atoms with van der Waals surface area (Å²) >= 11 is 0. The molecule has 32 heavy (non-hydrogen) atoms. The van der Waals surface area contributed by atoms with E-state index in [1.165, 1.54) is 6.26 Å². The maximum atomic E-state index is 13.1. The smallest absolute Gasteiger partial charge is 0.226 e. The van der Waals surface area contributed by atoms with E-state index in [2.05, 4.69) is 14.9 Å². The number of hydrogen-bond donors (Lipinski definition) is 0. The lowest BCUT2D eigenvalue weighted by molar-refractivity contribution is -0.137. The van der Waals surface area contributed by atoms with Gasteiger partial charge in [0.25, 0.3) is 0 Å². The van der Waals surface area contributed by atoms with Crippen molar-refractivity contribution in [3.05, 3.63) is 23.9 Å². The number of aryl methyl sites for hydroxylation is 1. The van der Waals surface area contributed by atoms with E-state index in [-0.39, 0.29) is 22.8 Å². The summed E-state index contributed by atoms with van der Waals surface area (Å²) in [6, 6.07) is 4.98. The van der Waals surface area contributed by atoms with Crippen LogP contribution >= 0.6 is 0 Å². The zero-order chi connectivity index (χ0) is 22.9. The molecule has 0 N–H and O–H groups in total. The van der Waals surface area contributed by atoms with Gasteiger partial charge in [-0.15, -0.1) is 0 Å². The molecule has 2 aliphatic heterocycles. The van der Waals surface area contributed by atoms with Gasteiger partial charge in [0.05, 0.1) is 22.2 Å². The van der Waals surface area contributed by atoms with Crippen molar-refractivity contribution in [2.45, 2.75) is 50.5 Å². The molecule has 0 radical (unpaired) electrons. The Bertz CT molecular complexity index is 1090. The Morgan fingerprint density at radius 3 is 2.59 bits per heavy atom. The molecule has 1 amide bonds. The van der Waals surface area contributed by atoms with Crippen LogP contribution in [0.1, 0.15) is 38.3 Å². The van der Waals surface area contributed by atoms with E-state index in [0.717, 1.165) is 43.4 Å². The van der Waals surface area contributed by atoms with Crippen molar-refractivity contribution in [1.82, 2.24) is 14.9 Å². The highest BCUT2D eigenvalue weighted by atomic mass is 32.2. The number of amides is 1. The quantitative estimate of drug-likeness (QED) is 0.654. The van der Waals surface area contributed by atoms with Crippen molar-refractivity contribution in [2.24, 2.45) is 5.92 Å². The second-order valence-corrected chi connectivity index (χ2v) is 10.8. The number of rotatable bonds is 6. The average molecular weight is 461 g/mol. The zero-order valence-electron chi connectivity index (χ0n) is 19.1. The number of hydrogen-bond acceptors (Lipinski definition) is 7. The number of benzene rings is 1. The zero-order valence-corrected chi connectivity index (χ0v) is 19.9. The molecule has 3 heterocycles. The predicted octanol–water partition coefficient (Wildman–Crippen LogP) is 2.59. The number of aromatic nitrogens is 2. The Morgan fingerprint density at radius 2 is 1.97 bits per heavy atom. The third-order valence-electron chi connectivity index (χ3n) is 6.54. The van der Waals surface area contributed by atoms with Crippen LogP contribution in [-0.4, -0.2) is 74.3 Å². The molecule has 1 aromatic heterocycles. The van der Waals surface area contributed by atoms with Crippen LogP contribution in [0.4, 0.5) is 5.95 Å². The van der Waals surface area contributed by atoms with Gasteiger partial charge in [0, 0.05) is 50.3 Å². The minimum Gasteiger partial charge on any atom is -0.376 e. The molecule has 2 saturated heterocycles.